The third-order valence-corrected chi connectivity index (χ3v) is 3.16. The normalized spacial score (nSPS) is 11.9. The maximum Gasteiger partial charge on any atom is 0.314 e. The van der Waals surface area contributed by atoms with E-state index in [1.54, 1.807) is 6.92 Å². The molecule has 0 aliphatic rings. The molecule has 4 nitrogen and oxygen atoms in total. The summed E-state index contributed by atoms with van der Waals surface area (Å²) in [5, 5.41) is 14.6. The van der Waals surface area contributed by atoms with Gasteiger partial charge in [0, 0.05) is 17.6 Å². The van der Waals surface area contributed by atoms with Crippen molar-refractivity contribution in [1.29, 1.82) is 0 Å². The van der Waals surface area contributed by atoms with Crippen molar-refractivity contribution in [2.75, 3.05) is 13.1 Å². The Morgan fingerprint density at radius 2 is 2.11 bits per heavy atom. The minimum atomic E-state index is -0.378. The van der Waals surface area contributed by atoms with Crippen LogP contribution in [-0.4, -0.2) is 30.3 Å². The molecule has 5 heteroatoms. The SMILES string of the molecule is CC(O)CCNC(=O)NCCCc1cccc(Br)c1. The summed E-state index contributed by atoms with van der Waals surface area (Å²) in [6.45, 7) is 2.85. The van der Waals surface area contributed by atoms with E-state index in [1.807, 2.05) is 12.1 Å². The lowest BCUT2D eigenvalue weighted by Gasteiger charge is -2.08. The minimum Gasteiger partial charge on any atom is -0.393 e. The van der Waals surface area contributed by atoms with Gasteiger partial charge in [-0.05, 0) is 43.9 Å². The van der Waals surface area contributed by atoms with Crippen molar-refractivity contribution in [1.82, 2.24) is 10.6 Å². The second-order valence-corrected chi connectivity index (χ2v) is 5.47. The van der Waals surface area contributed by atoms with Crippen molar-refractivity contribution in [2.24, 2.45) is 0 Å². The first-order valence-electron chi connectivity index (χ1n) is 6.52. The highest BCUT2D eigenvalue weighted by molar-refractivity contribution is 9.10. The maximum absolute atomic E-state index is 11.4. The number of hydrogen-bond donors (Lipinski definition) is 3. The van der Waals surface area contributed by atoms with Crippen molar-refractivity contribution in [3.05, 3.63) is 34.3 Å². The number of urea groups is 1. The van der Waals surface area contributed by atoms with Gasteiger partial charge in [0.05, 0.1) is 6.10 Å². The van der Waals surface area contributed by atoms with Crippen molar-refractivity contribution in [3.8, 4) is 0 Å². The average molecular weight is 329 g/mol. The summed E-state index contributed by atoms with van der Waals surface area (Å²) >= 11 is 3.43. The number of hydrogen-bond acceptors (Lipinski definition) is 2. The van der Waals surface area contributed by atoms with Crippen molar-refractivity contribution in [3.63, 3.8) is 0 Å². The van der Waals surface area contributed by atoms with E-state index in [-0.39, 0.29) is 12.1 Å². The van der Waals surface area contributed by atoms with E-state index in [2.05, 4.69) is 38.7 Å². The van der Waals surface area contributed by atoms with E-state index in [0.717, 1.165) is 17.3 Å². The van der Waals surface area contributed by atoms with Crippen LogP contribution in [0.5, 0.6) is 0 Å². The minimum absolute atomic E-state index is 0.171. The maximum atomic E-state index is 11.4. The van der Waals surface area contributed by atoms with Crippen molar-refractivity contribution in [2.45, 2.75) is 32.3 Å². The number of benzene rings is 1. The molecular weight excluding hydrogens is 308 g/mol. The third-order valence-electron chi connectivity index (χ3n) is 2.66. The summed E-state index contributed by atoms with van der Waals surface area (Å²) in [7, 11) is 0. The molecule has 0 bridgehead atoms. The molecular formula is C14H21BrN2O2. The number of aliphatic hydroxyl groups is 1. The van der Waals surface area contributed by atoms with Gasteiger partial charge in [0.15, 0.2) is 0 Å². The van der Waals surface area contributed by atoms with Crippen LogP contribution in [0.1, 0.15) is 25.3 Å². The van der Waals surface area contributed by atoms with Crippen LogP contribution in [-0.2, 0) is 6.42 Å². The second-order valence-electron chi connectivity index (χ2n) is 4.55. The number of amides is 2. The van der Waals surface area contributed by atoms with Crippen LogP contribution in [0.3, 0.4) is 0 Å². The predicted molar refractivity (Wildman–Crippen MR) is 80.2 cm³/mol. The Morgan fingerprint density at radius 1 is 1.37 bits per heavy atom. The molecule has 0 fully saturated rings. The molecule has 1 aromatic rings. The van der Waals surface area contributed by atoms with Crippen LogP contribution in [0.4, 0.5) is 4.79 Å². The fraction of sp³-hybridized carbons (Fsp3) is 0.500. The molecule has 0 spiro atoms. The third kappa shape index (κ3) is 7.85. The molecule has 1 aromatic carbocycles. The van der Waals surface area contributed by atoms with Crippen LogP contribution in [0, 0.1) is 0 Å². The zero-order valence-electron chi connectivity index (χ0n) is 11.2. The first-order valence-corrected chi connectivity index (χ1v) is 7.31. The van der Waals surface area contributed by atoms with Crippen LogP contribution in [0.2, 0.25) is 0 Å². The van der Waals surface area contributed by atoms with E-state index in [9.17, 15) is 4.79 Å². The van der Waals surface area contributed by atoms with Gasteiger partial charge in [-0.25, -0.2) is 4.79 Å². The molecule has 0 heterocycles. The van der Waals surface area contributed by atoms with Gasteiger partial charge in [0.1, 0.15) is 0 Å². The molecule has 0 saturated heterocycles. The topological polar surface area (TPSA) is 61.4 Å². The van der Waals surface area contributed by atoms with Gasteiger partial charge < -0.3 is 15.7 Å². The molecule has 0 aliphatic carbocycles. The summed E-state index contributed by atoms with van der Waals surface area (Å²) < 4.78 is 1.08. The first kappa shape index (κ1) is 16.0. The average Bonchev–Trinajstić information content (AvgIpc) is 2.34. The number of carbonyl (C=O) groups is 1. The summed E-state index contributed by atoms with van der Waals surface area (Å²) in [6, 6.07) is 8.00. The molecule has 106 valence electrons. The number of nitrogens with one attached hydrogen (secondary N) is 2. The molecule has 2 amide bonds. The van der Waals surface area contributed by atoms with E-state index < -0.39 is 0 Å². The summed E-state index contributed by atoms with van der Waals surface area (Å²) in [4.78, 5) is 11.4. The number of aliphatic hydroxyl groups excluding tert-OH is 1. The van der Waals surface area contributed by atoms with Crippen molar-refractivity contribution < 1.29 is 9.90 Å². The van der Waals surface area contributed by atoms with E-state index in [1.165, 1.54) is 5.56 Å². The fourth-order valence-corrected chi connectivity index (χ4v) is 2.09. The van der Waals surface area contributed by atoms with E-state index in [4.69, 9.17) is 5.11 Å². The molecule has 19 heavy (non-hydrogen) atoms. The Morgan fingerprint density at radius 3 is 2.79 bits per heavy atom. The number of halogens is 1. The smallest absolute Gasteiger partial charge is 0.314 e. The highest BCUT2D eigenvalue weighted by Gasteiger charge is 2.01. The largest absolute Gasteiger partial charge is 0.393 e. The summed E-state index contributed by atoms with van der Waals surface area (Å²) in [6.07, 6.45) is 2.04. The number of carbonyl (C=O) groups excluding carboxylic acids is 1. The molecule has 0 aliphatic heterocycles. The zero-order chi connectivity index (χ0) is 14.1. The highest BCUT2D eigenvalue weighted by Crippen LogP contribution is 2.12. The Kier molecular flexibility index (Phi) is 7.52. The zero-order valence-corrected chi connectivity index (χ0v) is 12.7. The van der Waals surface area contributed by atoms with Gasteiger partial charge in [0.25, 0.3) is 0 Å². The van der Waals surface area contributed by atoms with E-state index >= 15 is 0 Å². The van der Waals surface area contributed by atoms with Gasteiger partial charge >= 0.3 is 6.03 Å². The monoisotopic (exact) mass is 328 g/mol. The fourth-order valence-electron chi connectivity index (χ4n) is 1.64. The summed E-state index contributed by atoms with van der Waals surface area (Å²) in [5.41, 5.74) is 1.26. The lowest BCUT2D eigenvalue weighted by molar-refractivity contribution is 0.183. The lowest BCUT2D eigenvalue weighted by atomic mass is 10.1. The standard InChI is InChI=1S/C14H21BrN2O2/c1-11(18)7-9-17-14(19)16-8-3-5-12-4-2-6-13(15)10-12/h2,4,6,10-11,18H,3,5,7-9H2,1H3,(H2,16,17,19). The van der Waals surface area contributed by atoms with Crippen LogP contribution in [0.15, 0.2) is 28.7 Å². The molecule has 0 saturated carbocycles. The Labute approximate surface area is 122 Å². The van der Waals surface area contributed by atoms with E-state index in [0.29, 0.717) is 19.5 Å². The van der Waals surface area contributed by atoms with Gasteiger partial charge in [-0.2, -0.15) is 0 Å². The molecule has 0 radical (unpaired) electrons. The first-order chi connectivity index (χ1) is 9.08. The van der Waals surface area contributed by atoms with Gasteiger partial charge in [-0.15, -0.1) is 0 Å². The lowest BCUT2D eigenvalue weighted by Crippen LogP contribution is -2.37. The highest BCUT2D eigenvalue weighted by atomic mass is 79.9. The van der Waals surface area contributed by atoms with Crippen molar-refractivity contribution >= 4 is 22.0 Å². The number of rotatable bonds is 7. The van der Waals surface area contributed by atoms with Gasteiger partial charge in [-0.3, -0.25) is 0 Å². The Bertz CT molecular complexity index is 397. The molecule has 0 aromatic heterocycles. The van der Waals surface area contributed by atoms with Crippen LogP contribution < -0.4 is 10.6 Å². The summed E-state index contributed by atoms with van der Waals surface area (Å²) in [5.74, 6) is 0. The van der Waals surface area contributed by atoms with Crippen LogP contribution >= 0.6 is 15.9 Å². The van der Waals surface area contributed by atoms with Gasteiger partial charge in [-0.1, -0.05) is 28.1 Å². The molecule has 1 atom stereocenters. The predicted octanol–water partition coefficient (Wildman–Crippen LogP) is 2.45. The second kappa shape index (κ2) is 8.93. The van der Waals surface area contributed by atoms with Crippen LogP contribution in [0.25, 0.3) is 0 Å². The quantitative estimate of drug-likeness (QED) is 0.673. The molecule has 3 N–H and O–H groups in total. The molecule has 1 unspecified atom stereocenters. The Hall–Kier alpha value is -1.07. The molecule has 1 rings (SSSR count). The van der Waals surface area contributed by atoms with Gasteiger partial charge in [0.2, 0.25) is 0 Å². The number of aryl methyl sites for hydroxylation is 1. The Balaban J connectivity index is 2.08.